The molecule has 18 heavy (non-hydrogen) atoms. The molecule has 0 aromatic carbocycles. The van der Waals surface area contributed by atoms with E-state index in [1.165, 1.54) is 0 Å². The molecule has 2 fully saturated rings. The van der Waals surface area contributed by atoms with E-state index >= 15 is 0 Å². The summed E-state index contributed by atoms with van der Waals surface area (Å²) < 4.78 is 0. The Labute approximate surface area is 108 Å². The lowest BCUT2D eigenvalue weighted by atomic mass is 9.82. The summed E-state index contributed by atoms with van der Waals surface area (Å²) in [4.78, 5) is 27.3. The molecule has 102 valence electrons. The molecule has 1 N–H and O–H groups in total. The van der Waals surface area contributed by atoms with Crippen LogP contribution >= 0.6 is 0 Å². The van der Waals surface area contributed by atoms with Gasteiger partial charge in [-0.1, -0.05) is 0 Å². The van der Waals surface area contributed by atoms with E-state index in [1.807, 2.05) is 6.92 Å². The molecular formula is C13H22N2O3. The third kappa shape index (κ3) is 2.66. The maximum absolute atomic E-state index is 12.2. The minimum atomic E-state index is -0.179. The third-order valence-corrected chi connectivity index (χ3v) is 4.06. The van der Waals surface area contributed by atoms with Crippen molar-refractivity contribution in [3.63, 3.8) is 0 Å². The number of nitrogens with zero attached hydrogens (tertiary/aromatic N) is 2. The average molecular weight is 254 g/mol. The lowest BCUT2D eigenvalue weighted by molar-refractivity contribution is -0.136. The molecule has 0 aromatic heterocycles. The number of aliphatic hydroxyl groups excluding tert-OH is 1. The molecular weight excluding hydrogens is 232 g/mol. The van der Waals surface area contributed by atoms with Crippen LogP contribution in [-0.2, 0) is 9.59 Å². The van der Waals surface area contributed by atoms with Gasteiger partial charge >= 0.3 is 0 Å². The molecule has 0 radical (unpaired) electrons. The Morgan fingerprint density at radius 1 is 1.50 bits per heavy atom. The molecule has 2 rings (SSSR count). The van der Waals surface area contributed by atoms with Gasteiger partial charge in [0, 0.05) is 33.1 Å². The molecule has 1 aliphatic carbocycles. The Bertz CT molecular complexity index is 339. The molecule has 1 saturated heterocycles. The van der Waals surface area contributed by atoms with Gasteiger partial charge in [-0.15, -0.1) is 0 Å². The van der Waals surface area contributed by atoms with Crippen LogP contribution < -0.4 is 0 Å². The van der Waals surface area contributed by atoms with Gasteiger partial charge in [0.25, 0.3) is 0 Å². The van der Waals surface area contributed by atoms with Crippen LogP contribution in [-0.4, -0.2) is 59.5 Å². The van der Waals surface area contributed by atoms with Crippen molar-refractivity contribution in [3.05, 3.63) is 0 Å². The number of carbonyl (C=O) groups excluding carboxylic acids is 2. The van der Waals surface area contributed by atoms with Crippen LogP contribution in [0.25, 0.3) is 0 Å². The van der Waals surface area contributed by atoms with Crippen LogP contribution in [0.4, 0.5) is 0 Å². The lowest BCUT2D eigenvalue weighted by Gasteiger charge is -2.35. The van der Waals surface area contributed by atoms with Crippen molar-refractivity contribution >= 4 is 11.8 Å². The Balaban J connectivity index is 1.82. The van der Waals surface area contributed by atoms with Gasteiger partial charge in [-0.05, 0) is 25.7 Å². The number of amides is 2. The summed E-state index contributed by atoms with van der Waals surface area (Å²) in [5, 5.41) is 9.23. The summed E-state index contributed by atoms with van der Waals surface area (Å²) >= 11 is 0. The van der Waals surface area contributed by atoms with Crippen molar-refractivity contribution in [1.29, 1.82) is 0 Å². The number of hydrogen-bond acceptors (Lipinski definition) is 3. The predicted octanol–water partition coefficient (Wildman–Crippen LogP) is 0.0841. The summed E-state index contributed by atoms with van der Waals surface area (Å²) in [5.41, 5.74) is 0. The summed E-state index contributed by atoms with van der Waals surface area (Å²) in [5.74, 6) is 0.407. The second-order valence-corrected chi connectivity index (χ2v) is 5.54. The molecule has 1 unspecified atom stereocenters. The van der Waals surface area contributed by atoms with Crippen LogP contribution in [0.2, 0.25) is 0 Å². The van der Waals surface area contributed by atoms with Gasteiger partial charge in [0.1, 0.15) is 0 Å². The summed E-state index contributed by atoms with van der Waals surface area (Å²) in [7, 11) is 1.80. The Kier molecular flexibility index (Phi) is 3.90. The van der Waals surface area contributed by atoms with E-state index in [9.17, 15) is 14.7 Å². The molecule has 5 heteroatoms. The molecule has 1 saturated carbocycles. The number of rotatable bonds is 4. The number of likely N-dealkylation sites (tertiary alicyclic amines) is 1. The fraction of sp³-hybridized carbons (Fsp3) is 0.846. The zero-order chi connectivity index (χ0) is 13.3. The minimum Gasteiger partial charge on any atom is -0.393 e. The maximum Gasteiger partial charge on any atom is 0.227 e. The topological polar surface area (TPSA) is 60.9 Å². The molecule has 1 atom stereocenters. The monoisotopic (exact) mass is 254 g/mol. The highest BCUT2D eigenvalue weighted by Crippen LogP contribution is 2.28. The molecule has 0 spiro atoms. The van der Waals surface area contributed by atoms with Gasteiger partial charge in [-0.3, -0.25) is 9.59 Å². The average Bonchev–Trinajstić information content (AvgIpc) is 2.67. The number of hydrogen-bond donors (Lipinski definition) is 1. The van der Waals surface area contributed by atoms with Crippen molar-refractivity contribution in [2.45, 2.75) is 32.3 Å². The Hall–Kier alpha value is -1.10. The molecule has 2 aliphatic rings. The highest BCUT2D eigenvalue weighted by atomic mass is 16.3. The zero-order valence-electron chi connectivity index (χ0n) is 11.1. The summed E-state index contributed by atoms with van der Waals surface area (Å²) in [6.07, 6.45) is 1.76. The van der Waals surface area contributed by atoms with Gasteiger partial charge in [-0.25, -0.2) is 0 Å². The largest absolute Gasteiger partial charge is 0.393 e. The molecule has 2 amide bonds. The molecule has 0 bridgehead atoms. The van der Waals surface area contributed by atoms with E-state index in [2.05, 4.69) is 0 Å². The molecule has 1 heterocycles. The second kappa shape index (κ2) is 5.26. The van der Waals surface area contributed by atoms with Gasteiger partial charge in [-0.2, -0.15) is 0 Å². The Morgan fingerprint density at radius 2 is 2.17 bits per heavy atom. The first-order chi connectivity index (χ1) is 8.51. The van der Waals surface area contributed by atoms with Crippen LogP contribution in [0.3, 0.4) is 0 Å². The van der Waals surface area contributed by atoms with Gasteiger partial charge in [0.2, 0.25) is 11.8 Å². The summed E-state index contributed by atoms with van der Waals surface area (Å²) in [6.45, 7) is 3.88. The first-order valence-electron chi connectivity index (χ1n) is 6.72. The summed E-state index contributed by atoms with van der Waals surface area (Å²) in [6, 6.07) is 0. The number of aliphatic hydroxyl groups is 1. The van der Waals surface area contributed by atoms with E-state index in [-0.39, 0.29) is 23.8 Å². The van der Waals surface area contributed by atoms with Gasteiger partial charge in [0.05, 0.1) is 12.0 Å². The smallest absolute Gasteiger partial charge is 0.227 e. The highest BCUT2D eigenvalue weighted by Gasteiger charge is 2.36. The highest BCUT2D eigenvalue weighted by molar-refractivity contribution is 5.89. The van der Waals surface area contributed by atoms with Crippen LogP contribution in [0, 0.1) is 11.8 Å². The van der Waals surface area contributed by atoms with Crippen molar-refractivity contribution < 1.29 is 14.7 Å². The minimum absolute atomic E-state index is 0.0701. The SMILES string of the molecule is CCN1CC(C(=O)N(C)CC2CC(O)C2)CC1=O. The van der Waals surface area contributed by atoms with Crippen molar-refractivity contribution in [3.8, 4) is 0 Å². The standard InChI is InChI=1S/C13H22N2O3/c1-3-15-8-10(6-12(15)17)13(18)14(2)7-9-4-11(16)5-9/h9-11,16H,3-8H2,1-2H3. The van der Waals surface area contributed by atoms with E-state index in [0.29, 0.717) is 32.0 Å². The van der Waals surface area contributed by atoms with Crippen molar-refractivity contribution in [1.82, 2.24) is 9.80 Å². The first-order valence-corrected chi connectivity index (χ1v) is 6.72. The molecule has 0 aromatic rings. The first kappa shape index (κ1) is 13.3. The van der Waals surface area contributed by atoms with E-state index in [0.717, 1.165) is 12.8 Å². The third-order valence-electron chi connectivity index (χ3n) is 4.06. The van der Waals surface area contributed by atoms with Crippen LogP contribution in [0.1, 0.15) is 26.2 Å². The van der Waals surface area contributed by atoms with E-state index in [4.69, 9.17) is 0 Å². The fourth-order valence-corrected chi connectivity index (χ4v) is 2.88. The van der Waals surface area contributed by atoms with Crippen molar-refractivity contribution in [2.75, 3.05) is 26.7 Å². The van der Waals surface area contributed by atoms with Crippen molar-refractivity contribution in [2.24, 2.45) is 11.8 Å². The Morgan fingerprint density at radius 3 is 2.67 bits per heavy atom. The van der Waals surface area contributed by atoms with E-state index in [1.54, 1.807) is 16.8 Å². The van der Waals surface area contributed by atoms with E-state index < -0.39 is 0 Å². The van der Waals surface area contributed by atoms with Crippen LogP contribution in [0.5, 0.6) is 0 Å². The second-order valence-electron chi connectivity index (χ2n) is 5.54. The van der Waals surface area contributed by atoms with Gasteiger partial charge < -0.3 is 14.9 Å². The fourth-order valence-electron chi connectivity index (χ4n) is 2.88. The quantitative estimate of drug-likeness (QED) is 0.773. The van der Waals surface area contributed by atoms with Crippen LogP contribution in [0.15, 0.2) is 0 Å². The number of carbonyl (C=O) groups is 2. The maximum atomic E-state index is 12.2. The van der Waals surface area contributed by atoms with Gasteiger partial charge in [0.15, 0.2) is 0 Å². The predicted molar refractivity (Wildman–Crippen MR) is 66.7 cm³/mol. The molecule has 5 nitrogen and oxygen atoms in total. The lowest BCUT2D eigenvalue weighted by Crippen LogP contribution is -2.42. The zero-order valence-corrected chi connectivity index (χ0v) is 11.1. The normalized spacial score (nSPS) is 31.4. The molecule has 1 aliphatic heterocycles.